The Morgan fingerprint density at radius 3 is 2.81 bits per heavy atom. The fourth-order valence-corrected chi connectivity index (χ4v) is 1.96. The Hall–Kier alpha value is -1.53. The standard InChI is InChI=1S/C9H10F3N3O/c1-5-7-6(2-3-15(5)4-16)8(14-13-7)9(10,11)12/h4-5H,2-3H2,1H3,(H,13,14). The van der Waals surface area contributed by atoms with Crippen molar-refractivity contribution in [2.75, 3.05) is 6.54 Å². The number of halogens is 3. The number of alkyl halides is 3. The molecule has 0 saturated heterocycles. The van der Waals surface area contributed by atoms with Crippen molar-refractivity contribution < 1.29 is 18.0 Å². The number of aromatic nitrogens is 2. The third-order valence-corrected chi connectivity index (χ3v) is 2.84. The molecule has 1 atom stereocenters. The van der Waals surface area contributed by atoms with Crippen molar-refractivity contribution >= 4 is 6.41 Å². The Bertz CT molecular complexity index is 413. The SMILES string of the molecule is CC1c2[nH]nc(C(F)(F)F)c2CCN1C=O. The second-order valence-corrected chi connectivity index (χ2v) is 3.73. The number of fused-ring (bicyclic) bond motifs is 1. The third-order valence-electron chi connectivity index (χ3n) is 2.84. The smallest absolute Gasteiger partial charge is 0.337 e. The zero-order valence-electron chi connectivity index (χ0n) is 8.51. The number of carbonyl (C=O) groups is 1. The van der Waals surface area contributed by atoms with Gasteiger partial charge in [-0.15, -0.1) is 0 Å². The number of amides is 1. The van der Waals surface area contributed by atoms with E-state index < -0.39 is 11.9 Å². The Kier molecular flexibility index (Phi) is 2.40. The molecule has 7 heteroatoms. The van der Waals surface area contributed by atoms with Crippen LogP contribution in [0.4, 0.5) is 13.2 Å². The van der Waals surface area contributed by atoms with Crippen LogP contribution in [0.3, 0.4) is 0 Å². The molecule has 4 nitrogen and oxygen atoms in total. The summed E-state index contributed by atoms with van der Waals surface area (Å²) in [6, 6.07) is -0.384. The Labute approximate surface area is 89.4 Å². The molecule has 0 aromatic carbocycles. The van der Waals surface area contributed by atoms with Crippen LogP contribution >= 0.6 is 0 Å². The van der Waals surface area contributed by atoms with Crippen molar-refractivity contribution in [3.8, 4) is 0 Å². The van der Waals surface area contributed by atoms with Gasteiger partial charge in [0.1, 0.15) is 0 Å². The summed E-state index contributed by atoms with van der Waals surface area (Å²) in [4.78, 5) is 12.1. The third kappa shape index (κ3) is 1.56. The van der Waals surface area contributed by atoms with Crippen LogP contribution in [0.2, 0.25) is 0 Å². The number of rotatable bonds is 1. The first-order valence-corrected chi connectivity index (χ1v) is 4.80. The first kappa shape index (κ1) is 11.0. The van der Waals surface area contributed by atoms with Gasteiger partial charge >= 0.3 is 6.18 Å². The van der Waals surface area contributed by atoms with Gasteiger partial charge in [0.25, 0.3) is 0 Å². The van der Waals surface area contributed by atoms with Crippen molar-refractivity contribution in [3.63, 3.8) is 0 Å². The lowest BCUT2D eigenvalue weighted by Crippen LogP contribution is -2.33. The van der Waals surface area contributed by atoms with Crippen LogP contribution in [0.25, 0.3) is 0 Å². The van der Waals surface area contributed by atoms with Crippen molar-refractivity contribution in [3.05, 3.63) is 17.0 Å². The van der Waals surface area contributed by atoms with Crippen LogP contribution in [-0.4, -0.2) is 28.1 Å². The van der Waals surface area contributed by atoms with Gasteiger partial charge in [0.05, 0.1) is 11.7 Å². The number of hydrogen-bond acceptors (Lipinski definition) is 2. The van der Waals surface area contributed by atoms with Gasteiger partial charge in [-0.05, 0) is 13.3 Å². The summed E-state index contributed by atoms with van der Waals surface area (Å²) < 4.78 is 37.6. The van der Waals surface area contributed by atoms with E-state index in [1.54, 1.807) is 6.92 Å². The zero-order valence-corrected chi connectivity index (χ0v) is 8.51. The van der Waals surface area contributed by atoms with Gasteiger partial charge in [-0.3, -0.25) is 9.89 Å². The second kappa shape index (κ2) is 3.50. The fourth-order valence-electron chi connectivity index (χ4n) is 1.96. The summed E-state index contributed by atoms with van der Waals surface area (Å²) in [6.07, 6.45) is -3.61. The molecular weight excluding hydrogens is 223 g/mol. The molecule has 0 saturated carbocycles. The molecule has 2 rings (SSSR count). The monoisotopic (exact) mass is 233 g/mol. The van der Waals surface area contributed by atoms with Gasteiger partial charge in [0.15, 0.2) is 5.69 Å². The number of aromatic amines is 1. The van der Waals surface area contributed by atoms with Gasteiger partial charge in [0.2, 0.25) is 6.41 Å². The highest BCUT2D eigenvalue weighted by Crippen LogP contribution is 2.36. The summed E-state index contributed by atoms with van der Waals surface area (Å²) in [5, 5.41) is 5.67. The first-order valence-electron chi connectivity index (χ1n) is 4.80. The summed E-state index contributed by atoms with van der Waals surface area (Å²) in [7, 11) is 0. The molecule has 0 aliphatic carbocycles. The molecule has 1 amide bonds. The highest BCUT2D eigenvalue weighted by molar-refractivity contribution is 5.50. The molecule has 2 heterocycles. The molecule has 1 aromatic heterocycles. The van der Waals surface area contributed by atoms with Crippen LogP contribution in [0.5, 0.6) is 0 Å². The van der Waals surface area contributed by atoms with E-state index in [0.717, 1.165) is 0 Å². The number of nitrogens with zero attached hydrogens (tertiary/aromatic N) is 2. The summed E-state index contributed by atoms with van der Waals surface area (Å²) in [5.41, 5.74) is -0.302. The van der Waals surface area contributed by atoms with E-state index in [-0.39, 0.29) is 18.0 Å². The molecular formula is C9H10F3N3O. The number of hydrogen-bond donors (Lipinski definition) is 1. The van der Waals surface area contributed by atoms with E-state index in [0.29, 0.717) is 18.6 Å². The molecule has 0 radical (unpaired) electrons. The van der Waals surface area contributed by atoms with Crippen molar-refractivity contribution in [1.82, 2.24) is 15.1 Å². The molecule has 1 aromatic rings. The molecule has 1 N–H and O–H groups in total. The van der Waals surface area contributed by atoms with E-state index in [1.807, 2.05) is 0 Å². The van der Waals surface area contributed by atoms with E-state index in [1.165, 1.54) is 4.90 Å². The van der Waals surface area contributed by atoms with Gasteiger partial charge in [-0.1, -0.05) is 0 Å². The minimum Gasteiger partial charge on any atom is -0.337 e. The van der Waals surface area contributed by atoms with E-state index in [9.17, 15) is 18.0 Å². The molecule has 16 heavy (non-hydrogen) atoms. The lowest BCUT2D eigenvalue weighted by atomic mass is 9.99. The minimum absolute atomic E-state index is 0.179. The molecule has 0 bridgehead atoms. The molecule has 1 aliphatic heterocycles. The van der Waals surface area contributed by atoms with Gasteiger partial charge < -0.3 is 4.90 Å². The average Bonchev–Trinajstić information content (AvgIpc) is 2.62. The maximum Gasteiger partial charge on any atom is 0.435 e. The fraction of sp³-hybridized carbons (Fsp3) is 0.556. The maximum atomic E-state index is 12.5. The Morgan fingerprint density at radius 2 is 2.25 bits per heavy atom. The van der Waals surface area contributed by atoms with Crippen LogP contribution in [0.1, 0.15) is 29.9 Å². The van der Waals surface area contributed by atoms with Crippen molar-refractivity contribution in [2.45, 2.75) is 25.6 Å². The predicted octanol–water partition coefficient (Wildman–Crippen LogP) is 1.50. The van der Waals surface area contributed by atoms with E-state index in [2.05, 4.69) is 10.2 Å². The van der Waals surface area contributed by atoms with Crippen LogP contribution in [0, 0.1) is 0 Å². The Morgan fingerprint density at radius 1 is 1.56 bits per heavy atom. The number of H-pyrrole nitrogens is 1. The van der Waals surface area contributed by atoms with Gasteiger partial charge in [-0.2, -0.15) is 18.3 Å². The second-order valence-electron chi connectivity index (χ2n) is 3.73. The zero-order chi connectivity index (χ0) is 11.9. The van der Waals surface area contributed by atoms with Crippen molar-refractivity contribution in [1.29, 1.82) is 0 Å². The Balaban J connectivity index is 2.42. The van der Waals surface area contributed by atoms with E-state index in [4.69, 9.17) is 0 Å². The van der Waals surface area contributed by atoms with E-state index >= 15 is 0 Å². The van der Waals surface area contributed by atoms with Crippen LogP contribution < -0.4 is 0 Å². The number of nitrogens with one attached hydrogen (secondary N) is 1. The predicted molar refractivity (Wildman–Crippen MR) is 48.5 cm³/mol. The minimum atomic E-state index is -4.44. The van der Waals surface area contributed by atoms with Crippen molar-refractivity contribution in [2.24, 2.45) is 0 Å². The topological polar surface area (TPSA) is 49.0 Å². The average molecular weight is 233 g/mol. The van der Waals surface area contributed by atoms with Gasteiger partial charge in [-0.25, -0.2) is 0 Å². The largest absolute Gasteiger partial charge is 0.435 e. The lowest BCUT2D eigenvalue weighted by Gasteiger charge is -2.29. The molecule has 88 valence electrons. The molecule has 1 unspecified atom stereocenters. The van der Waals surface area contributed by atoms with Crippen LogP contribution in [-0.2, 0) is 17.4 Å². The molecule has 1 aliphatic rings. The quantitative estimate of drug-likeness (QED) is 0.747. The lowest BCUT2D eigenvalue weighted by molar-refractivity contribution is -0.141. The molecule has 0 fully saturated rings. The highest BCUT2D eigenvalue weighted by Gasteiger charge is 2.40. The summed E-state index contributed by atoms with van der Waals surface area (Å²) >= 11 is 0. The normalized spacial score (nSPS) is 20.8. The first-order chi connectivity index (χ1) is 7.45. The maximum absolute atomic E-state index is 12.5. The summed E-state index contributed by atoms with van der Waals surface area (Å²) in [5.74, 6) is 0. The van der Waals surface area contributed by atoms with Crippen LogP contribution in [0.15, 0.2) is 0 Å². The van der Waals surface area contributed by atoms with Gasteiger partial charge in [0, 0.05) is 12.1 Å². The molecule has 0 spiro atoms. The summed E-state index contributed by atoms with van der Waals surface area (Å²) in [6.45, 7) is 1.96. The highest BCUT2D eigenvalue weighted by atomic mass is 19.4. The number of carbonyl (C=O) groups excluding carboxylic acids is 1.